The number of carbonyl (C=O) groups excluding carboxylic acids is 1. The van der Waals surface area contributed by atoms with E-state index in [0.29, 0.717) is 11.4 Å². The SMILES string of the molecule is Cc1ccc(S(=O)(=O)Nc2ccc(NC(=O)CCNS(=O)(=O)/C=C/c3ccccc3)cc2)cc1. The molecule has 0 aromatic heterocycles. The standard InChI is InChI=1S/C24H25N3O5S2/c1-19-7-13-23(14-8-19)34(31,32)27-22-11-9-21(10-12-22)26-24(28)15-17-25-33(29,30)18-16-20-5-3-2-4-6-20/h2-14,16,18,25,27H,15,17H2,1H3,(H,26,28)/b18-16+. The van der Waals surface area contributed by atoms with Crippen LogP contribution in [0.5, 0.6) is 0 Å². The summed E-state index contributed by atoms with van der Waals surface area (Å²) < 4.78 is 53.8. The molecule has 3 aromatic rings. The van der Waals surface area contributed by atoms with Crippen LogP contribution in [0.1, 0.15) is 17.5 Å². The molecule has 1 amide bonds. The average Bonchev–Trinajstić information content (AvgIpc) is 2.80. The van der Waals surface area contributed by atoms with Crippen LogP contribution < -0.4 is 14.8 Å². The quantitative estimate of drug-likeness (QED) is 0.393. The first-order chi connectivity index (χ1) is 16.1. The molecule has 178 valence electrons. The van der Waals surface area contributed by atoms with Gasteiger partial charge >= 0.3 is 0 Å². The lowest BCUT2D eigenvalue weighted by molar-refractivity contribution is -0.116. The molecular formula is C24H25N3O5S2. The van der Waals surface area contributed by atoms with E-state index in [0.717, 1.165) is 16.5 Å². The molecule has 10 heteroatoms. The fourth-order valence-electron chi connectivity index (χ4n) is 2.86. The topological polar surface area (TPSA) is 121 Å². The fraction of sp³-hybridized carbons (Fsp3) is 0.125. The van der Waals surface area contributed by atoms with Crippen LogP contribution in [0.3, 0.4) is 0 Å². The number of hydrogen-bond acceptors (Lipinski definition) is 5. The number of benzene rings is 3. The number of sulfonamides is 2. The van der Waals surface area contributed by atoms with Gasteiger partial charge in [-0.3, -0.25) is 9.52 Å². The van der Waals surface area contributed by atoms with Gasteiger partial charge in [-0.25, -0.2) is 21.6 Å². The summed E-state index contributed by atoms with van der Waals surface area (Å²) in [5, 5.41) is 3.70. The van der Waals surface area contributed by atoms with E-state index in [1.54, 1.807) is 48.5 Å². The maximum absolute atomic E-state index is 12.5. The molecule has 0 fully saturated rings. The van der Waals surface area contributed by atoms with E-state index in [-0.39, 0.29) is 23.8 Å². The highest BCUT2D eigenvalue weighted by atomic mass is 32.2. The number of hydrogen-bond donors (Lipinski definition) is 3. The number of nitrogens with one attached hydrogen (secondary N) is 3. The van der Waals surface area contributed by atoms with E-state index < -0.39 is 20.0 Å². The number of carbonyl (C=O) groups is 1. The van der Waals surface area contributed by atoms with Crippen LogP contribution in [0.25, 0.3) is 6.08 Å². The third kappa shape index (κ3) is 7.84. The Hall–Kier alpha value is -3.47. The van der Waals surface area contributed by atoms with Crippen molar-refractivity contribution in [2.45, 2.75) is 18.2 Å². The molecule has 3 aromatic carbocycles. The van der Waals surface area contributed by atoms with Gasteiger partial charge in [-0.1, -0.05) is 48.0 Å². The Kier molecular flexibility index (Phi) is 8.21. The van der Waals surface area contributed by atoms with Crippen molar-refractivity contribution in [3.63, 3.8) is 0 Å². The highest BCUT2D eigenvalue weighted by molar-refractivity contribution is 7.93. The van der Waals surface area contributed by atoms with Crippen LogP contribution >= 0.6 is 0 Å². The van der Waals surface area contributed by atoms with Gasteiger partial charge in [-0.2, -0.15) is 0 Å². The third-order valence-electron chi connectivity index (χ3n) is 4.65. The molecule has 0 atom stereocenters. The zero-order valence-corrected chi connectivity index (χ0v) is 20.1. The number of aryl methyl sites for hydroxylation is 1. The van der Waals surface area contributed by atoms with Gasteiger partial charge in [0, 0.05) is 29.7 Å². The molecule has 0 spiro atoms. The summed E-state index contributed by atoms with van der Waals surface area (Å²) in [6.07, 6.45) is 1.40. The monoisotopic (exact) mass is 499 g/mol. The van der Waals surface area contributed by atoms with Crippen LogP contribution in [0.15, 0.2) is 89.2 Å². The van der Waals surface area contributed by atoms with Gasteiger partial charge in [-0.15, -0.1) is 0 Å². The van der Waals surface area contributed by atoms with Gasteiger partial charge in [0.1, 0.15) is 0 Å². The molecule has 0 bridgehead atoms. The summed E-state index contributed by atoms with van der Waals surface area (Å²) >= 11 is 0. The molecular weight excluding hydrogens is 474 g/mol. The van der Waals surface area contributed by atoms with Gasteiger partial charge in [0.25, 0.3) is 10.0 Å². The van der Waals surface area contributed by atoms with Crippen molar-refractivity contribution in [2.75, 3.05) is 16.6 Å². The second-order valence-corrected chi connectivity index (χ2v) is 10.8. The summed E-state index contributed by atoms with van der Waals surface area (Å²) in [5.41, 5.74) is 2.50. The molecule has 0 unspecified atom stereocenters. The van der Waals surface area contributed by atoms with Crippen LogP contribution in [0.2, 0.25) is 0 Å². The van der Waals surface area contributed by atoms with E-state index in [2.05, 4.69) is 14.8 Å². The summed E-state index contributed by atoms with van der Waals surface area (Å²) in [4.78, 5) is 12.3. The normalized spacial score (nSPS) is 11.9. The molecule has 0 saturated heterocycles. The van der Waals surface area contributed by atoms with E-state index in [4.69, 9.17) is 0 Å². The molecule has 0 aliphatic carbocycles. The second-order valence-electron chi connectivity index (χ2n) is 7.45. The van der Waals surface area contributed by atoms with Crippen molar-refractivity contribution < 1.29 is 21.6 Å². The maximum atomic E-state index is 12.5. The smallest absolute Gasteiger partial charge is 0.261 e. The lowest BCUT2D eigenvalue weighted by atomic mass is 10.2. The van der Waals surface area contributed by atoms with Crippen molar-refractivity contribution in [1.82, 2.24) is 4.72 Å². The largest absolute Gasteiger partial charge is 0.326 e. The van der Waals surface area contributed by atoms with Gasteiger partial charge in [-0.05, 0) is 55.0 Å². The molecule has 3 N–H and O–H groups in total. The van der Waals surface area contributed by atoms with Gasteiger partial charge in [0.15, 0.2) is 0 Å². The zero-order valence-electron chi connectivity index (χ0n) is 18.4. The molecule has 0 aliphatic heterocycles. The molecule has 0 heterocycles. The minimum atomic E-state index is -3.72. The fourth-order valence-corrected chi connectivity index (χ4v) is 4.74. The van der Waals surface area contributed by atoms with Crippen LogP contribution in [-0.4, -0.2) is 29.3 Å². The van der Waals surface area contributed by atoms with E-state index in [1.807, 2.05) is 13.0 Å². The lowest BCUT2D eigenvalue weighted by Crippen LogP contribution is -2.26. The second kappa shape index (κ2) is 11.1. The van der Waals surface area contributed by atoms with E-state index >= 15 is 0 Å². The molecule has 34 heavy (non-hydrogen) atoms. The first kappa shape index (κ1) is 25.2. The van der Waals surface area contributed by atoms with Crippen molar-refractivity contribution in [1.29, 1.82) is 0 Å². The highest BCUT2D eigenvalue weighted by Crippen LogP contribution is 2.19. The van der Waals surface area contributed by atoms with Gasteiger partial charge < -0.3 is 5.32 Å². The Labute approximate surface area is 199 Å². The zero-order chi connectivity index (χ0) is 24.6. The van der Waals surface area contributed by atoms with Crippen LogP contribution in [0, 0.1) is 6.92 Å². The molecule has 0 radical (unpaired) electrons. The highest BCUT2D eigenvalue weighted by Gasteiger charge is 2.14. The number of amides is 1. The molecule has 8 nitrogen and oxygen atoms in total. The van der Waals surface area contributed by atoms with Crippen molar-refractivity contribution in [2.24, 2.45) is 0 Å². The first-order valence-corrected chi connectivity index (χ1v) is 13.4. The Morgan fingerprint density at radius 2 is 1.44 bits per heavy atom. The van der Waals surface area contributed by atoms with E-state index in [1.165, 1.54) is 30.3 Å². The van der Waals surface area contributed by atoms with Crippen molar-refractivity contribution in [3.8, 4) is 0 Å². The van der Waals surface area contributed by atoms with Crippen molar-refractivity contribution in [3.05, 3.63) is 95.4 Å². The summed E-state index contributed by atoms with van der Waals surface area (Å²) in [7, 11) is -7.40. The molecule has 0 aliphatic rings. The Morgan fingerprint density at radius 3 is 2.09 bits per heavy atom. The maximum Gasteiger partial charge on any atom is 0.261 e. The summed E-state index contributed by atoms with van der Waals surface area (Å²) in [5.74, 6) is -0.386. The number of rotatable bonds is 10. The van der Waals surface area contributed by atoms with Crippen LogP contribution in [-0.2, 0) is 24.8 Å². The van der Waals surface area contributed by atoms with Crippen molar-refractivity contribution >= 4 is 43.4 Å². The number of anilines is 2. The van der Waals surface area contributed by atoms with E-state index in [9.17, 15) is 21.6 Å². The minimum absolute atomic E-state index is 0.0677. The predicted octanol–water partition coefficient (Wildman–Crippen LogP) is 3.71. The lowest BCUT2D eigenvalue weighted by Gasteiger charge is -2.10. The molecule has 0 saturated carbocycles. The summed E-state index contributed by atoms with van der Waals surface area (Å²) in [6, 6.07) is 21.6. The van der Waals surface area contributed by atoms with Crippen LogP contribution in [0.4, 0.5) is 11.4 Å². The first-order valence-electron chi connectivity index (χ1n) is 10.4. The Bertz CT molecular complexity index is 1350. The molecule has 3 rings (SSSR count). The van der Waals surface area contributed by atoms with Gasteiger partial charge in [0.05, 0.1) is 4.90 Å². The summed E-state index contributed by atoms with van der Waals surface area (Å²) in [6.45, 7) is 1.80. The average molecular weight is 500 g/mol. The third-order valence-corrected chi connectivity index (χ3v) is 7.14. The Balaban J connectivity index is 1.48. The van der Waals surface area contributed by atoms with Gasteiger partial charge in [0.2, 0.25) is 15.9 Å². The predicted molar refractivity (Wildman–Crippen MR) is 134 cm³/mol. The Morgan fingerprint density at radius 1 is 0.824 bits per heavy atom. The minimum Gasteiger partial charge on any atom is -0.326 e.